The average molecular weight is 309 g/mol. The Morgan fingerprint density at radius 1 is 1.38 bits per heavy atom. The minimum Gasteiger partial charge on any atom is -0.478 e. The van der Waals surface area contributed by atoms with Crippen molar-refractivity contribution in [1.29, 1.82) is 0 Å². The number of benzene rings is 1. The van der Waals surface area contributed by atoms with E-state index in [4.69, 9.17) is 5.11 Å². The molecule has 0 amide bonds. The van der Waals surface area contributed by atoms with Gasteiger partial charge in [0.25, 0.3) is 10.2 Å². The quantitative estimate of drug-likeness (QED) is 0.774. The molecule has 0 aliphatic carbocycles. The molecule has 0 radical (unpaired) electrons. The van der Waals surface area contributed by atoms with Crippen LogP contribution in [-0.4, -0.2) is 26.5 Å². The molecule has 8 heteroatoms. The standard InChI is InChI=1S/C8H9BrN2O4S/c1-10-16(14,15)11-7-3-5(8(12)13)2-6(9)4-7/h2-4,10-11H,1H3,(H,12,13). The van der Waals surface area contributed by atoms with Crippen LogP contribution in [-0.2, 0) is 10.2 Å². The number of hydrogen-bond acceptors (Lipinski definition) is 3. The van der Waals surface area contributed by atoms with Gasteiger partial charge in [-0.15, -0.1) is 0 Å². The number of carboxylic acids is 1. The lowest BCUT2D eigenvalue weighted by molar-refractivity contribution is 0.0697. The first-order valence-electron chi connectivity index (χ1n) is 4.09. The van der Waals surface area contributed by atoms with Gasteiger partial charge in [0.1, 0.15) is 0 Å². The van der Waals surface area contributed by atoms with Crippen LogP contribution >= 0.6 is 15.9 Å². The van der Waals surface area contributed by atoms with Gasteiger partial charge < -0.3 is 5.11 Å². The predicted molar refractivity (Wildman–Crippen MR) is 62.7 cm³/mol. The summed E-state index contributed by atoms with van der Waals surface area (Å²) in [6, 6.07) is 4.06. The van der Waals surface area contributed by atoms with Crippen molar-refractivity contribution in [2.24, 2.45) is 0 Å². The van der Waals surface area contributed by atoms with Gasteiger partial charge in [0.15, 0.2) is 0 Å². The number of halogens is 1. The molecule has 1 rings (SSSR count). The van der Waals surface area contributed by atoms with Crippen LogP contribution in [0, 0.1) is 0 Å². The van der Waals surface area contributed by atoms with E-state index in [1.807, 2.05) is 0 Å². The molecule has 0 aliphatic heterocycles. The molecular formula is C8H9BrN2O4S. The summed E-state index contributed by atoms with van der Waals surface area (Å²) in [5.74, 6) is -1.13. The average Bonchev–Trinajstić information content (AvgIpc) is 2.16. The highest BCUT2D eigenvalue weighted by Gasteiger charge is 2.10. The van der Waals surface area contributed by atoms with E-state index in [0.717, 1.165) is 0 Å². The first-order chi connectivity index (χ1) is 7.34. The van der Waals surface area contributed by atoms with Crippen molar-refractivity contribution in [3.8, 4) is 0 Å². The molecule has 0 spiro atoms. The molecule has 0 saturated carbocycles. The molecule has 1 aromatic carbocycles. The molecule has 0 atom stereocenters. The van der Waals surface area contributed by atoms with Gasteiger partial charge in [-0.25, -0.2) is 9.52 Å². The Bertz CT molecular complexity index is 515. The van der Waals surface area contributed by atoms with Gasteiger partial charge >= 0.3 is 5.97 Å². The second-order valence-electron chi connectivity index (χ2n) is 2.84. The van der Waals surface area contributed by atoms with Gasteiger partial charge in [0.2, 0.25) is 0 Å². The third kappa shape index (κ3) is 3.47. The van der Waals surface area contributed by atoms with E-state index in [-0.39, 0.29) is 11.3 Å². The number of nitrogens with one attached hydrogen (secondary N) is 2. The summed E-state index contributed by atoms with van der Waals surface area (Å²) in [4.78, 5) is 10.7. The van der Waals surface area contributed by atoms with Gasteiger partial charge in [-0.1, -0.05) is 15.9 Å². The van der Waals surface area contributed by atoms with Gasteiger partial charge in [-0.3, -0.25) is 4.72 Å². The largest absolute Gasteiger partial charge is 0.478 e. The lowest BCUT2D eigenvalue weighted by Crippen LogP contribution is -2.26. The van der Waals surface area contributed by atoms with Crippen molar-refractivity contribution in [2.45, 2.75) is 0 Å². The molecule has 0 aromatic heterocycles. The third-order valence-electron chi connectivity index (χ3n) is 1.67. The van der Waals surface area contributed by atoms with Crippen LogP contribution in [0.15, 0.2) is 22.7 Å². The summed E-state index contributed by atoms with van der Waals surface area (Å²) in [6.07, 6.45) is 0. The molecule has 0 bridgehead atoms. The van der Waals surface area contributed by atoms with Crippen LogP contribution in [0.25, 0.3) is 0 Å². The lowest BCUT2D eigenvalue weighted by atomic mass is 10.2. The molecule has 6 nitrogen and oxygen atoms in total. The molecule has 3 N–H and O–H groups in total. The number of carbonyl (C=O) groups is 1. The van der Waals surface area contributed by atoms with Gasteiger partial charge in [0, 0.05) is 11.5 Å². The predicted octanol–water partition coefficient (Wildman–Crippen LogP) is 1.02. The van der Waals surface area contributed by atoms with E-state index in [1.54, 1.807) is 0 Å². The van der Waals surface area contributed by atoms with Crippen LogP contribution in [0.1, 0.15) is 10.4 Å². The molecular weight excluding hydrogens is 300 g/mol. The van der Waals surface area contributed by atoms with Crippen molar-refractivity contribution in [3.63, 3.8) is 0 Å². The summed E-state index contributed by atoms with van der Waals surface area (Å²) >= 11 is 3.09. The zero-order valence-electron chi connectivity index (χ0n) is 8.19. The van der Waals surface area contributed by atoms with Gasteiger partial charge in [0.05, 0.1) is 11.3 Å². The molecule has 16 heavy (non-hydrogen) atoms. The fourth-order valence-electron chi connectivity index (χ4n) is 0.978. The number of anilines is 1. The Morgan fingerprint density at radius 2 is 2.00 bits per heavy atom. The molecule has 0 aliphatic rings. The SMILES string of the molecule is CNS(=O)(=O)Nc1cc(Br)cc(C(=O)O)c1. The number of carboxylic acid groups (broad SMARTS) is 1. The first kappa shape index (κ1) is 12.9. The smallest absolute Gasteiger partial charge is 0.335 e. The highest BCUT2D eigenvalue weighted by atomic mass is 79.9. The van der Waals surface area contributed by atoms with E-state index in [1.165, 1.54) is 25.2 Å². The van der Waals surface area contributed by atoms with Crippen molar-refractivity contribution >= 4 is 37.8 Å². The van der Waals surface area contributed by atoms with E-state index < -0.39 is 16.2 Å². The summed E-state index contributed by atoms with van der Waals surface area (Å²) in [5.41, 5.74) is 0.157. The molecule has 0 unspecified atom stereocenters. The zero-order chi connectivity index (χ0) is 12.3. The Labute approximate surface area is 101 Å². The Kier molecular flexibility index (Phi) is 3.89. The summed E-state index contributed by atoms with van der Waals surface area (Å²) in [5, 5.41) is 8.78. The maximum absolute atomic E-state index is 11.2. The second-order valence-corrected chi connectivity index (χ2v) is 5.38. The molecule has 0 fully saturated rings. The maximum atomic E-state index is 11.2. The van der Waals surface area contributed by atoms with Gasteiger partial charge in [-0.05, 0) is 18.2 Å². The van der Waals surface area contributed by atoms with Crippen molar-refractivity contribution in [3.05, 3.63) is 28.2 Å². The maximum Gasteiger partial charge on any atom is 0.335 e. The minimum atomic E-state index is -3.65. The fourth-order valence-corrected chi connectivity index (χ4v) is 2.00. The Balaban J connectivity index is 3.11. The topological polar surface area (TPSA) is 95.5 Å². The van der Waals surface area contributed by atoms with Crippen LogP contribution in [0.4, 0.5) is 5.69 Å². The van der Waals surface area contributed by atoms with Crippen molar-refractivity contribution in [2.75, 3.05) is 11.8 Å². The zero-order valence-corrected chi connectivity index (χ0v) is 10.6. The first-order valence-corrected chi connectivity index (χ1v) is 6.37. The van der Waals surface area contributed by atoms with E-state index in [9.17, 15) is 13.2 Å². The Hall–Kier alpha value is -1.12. The number of hydrogen-bond donors (Lipinski definition) is 3. The van der Waals surface area contributed by atoms with Crippen molar-refractivity contribution < 1.29 is 18.3 Å². The van der Waals surface area contributed by atoms with Crippen LogP contribution in [0.5, 0.6) is 0 Å². The van der Waals surface area contributed by atoms with Crippen LogP contribution in [0.2, 0.25) is 0 Å². The normalized spacial score (nSPS) is 11.1. The highest BCUT2D eigenvalue weighted by Crippen LogP contribution is 2.20. The van der Waals surface area contributed by atoms with Crippen LogP contribution in [0.3, 0.4) is 0 Å². The number of rotatable bonds is 4. The van der Waals surface area contributed by atoms with Crippen molar-refractivity contribution in [1.82, 2.24) is 4.72 Å². The summed E-state index contributed by atoms with van der Waals surface area (Å²) in [6.45, 7) is 0. The summed E-state index contributed by atoms with van der Waals surface area (Å²) in [7, 11) is -2.40. The monoisotopic (exact) mass is 308 g/mol. The molecule has 0 heterocycles. The van der Waals surface area contributed by atoms with E-state index in [2.05, 4.69) is 25.4 Å². The molecule has 88 valence electrons. The summed E-state index contributed by atoms with van der Waals surface area (Å²) < 4.78 is 27.1. The van der Waals surface area contributed by atoms with E-state index in [0.29, 0.717) is 4.47 Å². The Morgan fingerprint density at radius 3 is 2.50 bits per heavy atom. The molecule has 0 saturated heterocycles. The van der Waals surface area contributed by atoms with E-state index >= 15 is 0 Å². The minimum absolute atomic E-state index is 0.0109. The second kappa shape index (κ2) is 4.81. The number of aromatic carboxylic acids is 1. The lowest BCUT2D eigenvalue weighted by Gasteiger charge is -2.07. The highest BCUT2D eigenvalue weighted by molar-refractivity contribution is 9.10. The van der Waals surface area contributed by atoms with Gasteiger partial charge in [-0.2, -0.15) is 8.42 Å². The van der Waals surface area contributed by atoms with Crippen LogP contribution < -0.4 is 9.44 Å². The fraction of sp³-hybridized carbons (Fsp3) is 0.125. The third-order valence-corrected chi connectivity index (χ3v) is 3.17. The molecule has 1 aromatic rings.